The van der Waals surface area contributed by atoms with Gasteiger partial charge in [0.15, 0.2) is 0 Å². The first-order valence-corrected chi connectivity index (χ1v) is 7.26. The summed E-state index contributed by atoms with van der Waals surface area (Å²) in [7, 11) is 0. The molecule has 0 bridgehead atoms. The van der Waals surface area contributed by atoms with E-state index in [1.54, 1.807) is 0 Å². The molecule has 1 N–H and O–H groups in total. The van der Waals surface area contributed by atoms with Gasteiger partial charge in [0.25, 0.3) is 0 Å². The van der Waals surface area contributed by atoms with Crippen molar-refractivity contribution in [2.24, 2.45) is 0 Å². The van der Waals surface area contributed by atoms with Crippen LogP contribution in [0.25, 0.3) is 0 Å². The Morgan fingerprint density at radius 3 is 2.88 bits per heavy atom. The number of hydrogen-bond acceptors (Lipinski definition) is 3. The first-order valence-electron chi connectivity index (χ1n) is 7.26. The van der Waals surface area contributed by atoms with E-state index in [0.29, 0.717) is 12.1 Å². The lowest BCUT2D eigenvalue weighted by atomic mass is 9.89. The van der Waals surface area contributed by atoms with Crippen LogP contribution < -0.4 is 5.32 Å². The van der Waals surface area contributed by atoms with Crippen LogP contribution in [-0.2, 0) is 9.47 Å². The summed E-state index contributed by atoms with van der Waals surface area (Å²) in [5.41, 5.74) is 0.0421. The Labute approximate surface area is 105 Å². The van der Waals surface area contributed by atoms with Crippen molar-refractivity contribution in [1.82, 2.24) is 5.32 Å². The van der Waals surface area contributed by atoms with E-state index >= 15 is 0 Å². The molecule has 0 saturated carbocycles. The molecule has 17 heavy (non-hydrogen) atoms. The average Bonchev–Trinajstić information content (AvgIpc) is 2.77. The van der Waals surface area contributed by atoms with Crippen LogP contribution in [0.4, 0.5) is 0 Å². The van der Waals surface area contributed by atoms with Crippen molar-refractivity contribution in [1.29, 1.82) is 0 Å². The van der Waals surface area contributed by atoms with E-state index in [2.05, 4.69) is 19.2 Å². The predicted molar refractivity (Wildman–Crippen MR) is 69.3 cm³/mol. The molecule has 100 valence electrons. The molecule has 0 aromatic heterocycles. The van der Waals surface area contributed by atoms with E-state index in [0.717, 1.165) is 39.1 Å². The number of rotatable bonds is 5. The number of nitrogens with one attached hydrogen (secondary N) is 1. The van der Waals surface area contributed by atoms with E-state index in [9.17, 15) is 0 Å². The molecule has 0 amide bonds. The minimum Gasteiger partial charge on any atom is -0.378 e. The van der Waals surface area contributed by atoms with Gasteiger partial charge in [0.2, 0.25) is 0 Å². The third-order valence-electron chi connectivity index (χ3n) is 4.16. The summed E-state index contributed by atoms with van der Waals surface area (Å²) in [5, 5.41) is 3.82. The molecule has 0 radical (unpaired) electrons. The highest BCUT2D eigenvalue weighted by atomic mass is 16.6. The van der Waals surface area contributed by atoms with E-state index in [4.69, 9.17) is 9.47 Å². The van der Waals surface area contributed by atoms with Crippen LogP contribution in [0.1, 0.15) is 52.4 Å². The van der Waals surface area contributed by atoms with Gasteiger partial charge in [-0.25, -0.2) is 0 Å². The molecular weight excluding hydrogens is 214 g/mol. The third-order valence-corrected chi connectivity index (χ3v) is 4.16. The van der Waals surface area contributed by atoms with Crippen molar-refractivity contribution in [2.75, 3.05) is 19.8 Å². The molecule has 2 fully saturated rings. The fourth-order valence-corrected chi connectivity index (χ4v) is 3.12. The maximum Gasteiger partial charge on any atom is 0.0951 e. The van der Waals surface area contributed by atoms with Crippen LogP contribution in [0, 0.1) is 0 Å². The highest BCUT2D eigenvalue weighted by Gasteiger charge is 2.41. The van der Waals surface area contributed by atoms with Crippen molar-refractivity contribution < 1.29 is 9.47 Å². The van der Waals surface area contributed by atoms with Gasteiger partial charge in [-0.15, -0.1) is 0 Å². The first kappa shape index (κ1) is 13.3. The zero-order valence-electron chi connectivity index (χ0n) is 11.3. The van der Waals surface area contributed by atoms with Crippen molar-refractivity contribution in [3.8, 4) is 0 Å². The zero-order chi connectivity index (χ0) is 12.1. The summed E-state index contributed by atoms with van der Waals surface area (Å²) in [6.07, 6.45) is 7.15. The Hall–Kier alpha value is -0.120. The molecule has 0 aromatic carbocycles. The van der Waals surface area contributed by atoms with Gasteiger partial charge in [-0.3, -0.25) is 0 Å². The Morgan fingerprint density at radius 2 is 2.24 bits per heavy atom. The summed E-state index contributed by atoms with van der Waals surface area (Å²) < 4.78 is 11.5. The second-order valence-corrected chi connectivity index (χ2v) is 5.58. The second-order valence-electron chi connectivity index (χ2n) is 5.58. The van der Waals surface area contributed by atoms with Gasteiger partial charge in [0.05, 0.1) is 12.2 Å². The quantitative estimate of drug-likeness (QED) is 0.802. The number of hydrogen-bond donors (Lipinski definition) is 1. The van der Waals surface area contributed by atoms with Gasteiger partial charge in [-0.1, -0.05) is 20.3 Å². The molecule has 2 rings (SSSR count). The summed E-state index contributed by atoms with van der Waals surface area (Å²) in [5.74, 6) is 0. The van der Waals surface area contributed by atoms with Crippen LogP contribution >= 0.6 is 0 Å². The Bertz CT molecular complexity index is 226. The maximum absolute atomic E-state index is 5.97. The van der Waals surface area contributed by atoms with Gasteiger partial charge < -0.3 is 14.8 Å². The molecule has 2 heterocycles. The summed E-state index contributed by atoms with van der Waals surface area (Å²) in [4.78, 5) is 0. The fourth-order valence-electron chi connectivity index (χ4n) is 3.12. The van der Waals surface area contributed by atoms with Crippen molar-refractivity contribution >= 4 is 0 Å². The zero-order valence-corrected chi connectivity index (χ0v) is 11.3. The van der Waals surface area contributed by atoms with E-state index in [1.165, 1.54) is 19.3 Å². The van der Waals surface area contributed by atoms with Crippen LogP contribution in [0.2, 0.25) is 0 Å². The van der Waals surface area contributed by atoms with E-state index in [-0.39, 0.29) is 5.60 Å². The molecule has 0 aromatic rings. The molecule has 3 unspecified atom stereocenters. The van der Waals surface area contributed by atoms with Crippen LogP contribution in [-0.4, -0.2) is 37.5 Å². The van der Waals surface area contributed by atoms with Gasteiger partial charge in [0, 0.05) is 31.7 Å². The molecule has 2 aliphatic heterocycles. The lowest BCUT2D eigenvalue weighted by Gasteiger charge is -2.39. The van der Waals surface area contributed by atoms with Gasteiger partial charge in [-0.2, -0.15) is 0 Å². The SMILES string of the molecule is CCCC(CC)NC1CCOC2(CCOC2)C1. The smallest absolute Gasteiger partial charge is 0.0951 e. The van der Waals surface area contributed by atoms with Crippen LogP contribution in [0.3, 0.4) is 0 Å². The highest BCUT2D eigenvalue weighted by Crippen LogP contribution is 2.33. The average molecular weight is 241 g/mol. The predicted octanol–water partition coefficient (Wildman–Crippen LogP) is 2.49. The molecule has 0 aliphatic carbocycles. The number of ether oxygens (including phenoxy) is 2. The molecule has 3 atom stereocenters. The third kappa shape index (κ3) is 3.43. The summed E-state index contributed by atoms with van der Waals surface area (Å²) >= 11 is 0. The van der Waals surface area contributed by atoms with Crippen LogP contribution in [0.5, 0.6) is 0 Å². The van der Waals surface area contributed by atoms with E-state index < -0.39 is 0 Å². The van der Waals surface area contributed by atoms with Crippen molar-refractivity contribution in [3.05, 3.63) is 0 Å². The molecule has 3 heteroatoms. The Kier molecular flexibility index (Phi) is 4.83. The van der Waals surface area contributed by atoms with Gasteiger partial charge >= 0.3 is 0 Å². The highest BCUT2D eigenvalue weighted by molar-refractivity contribution is 4.93. The Morgan fingerprint density at radius 1 is 1.35 bits per heavy atom. The maximum atomic E-state index is 5.97. The van der Waals surface area contributed by atoms with Crippen molar-refractivity contribution in [3.63, 3.8) is 0 Å². The van der Waals surface area contributed by atoms with Gasteiger partial charge in [-0.05, 0) is 25.7 Å². The first-order chi connectivity index (χ1) is 8.28. The molecule has 3 nitrogen and oxygen atoms in total. The lowest BCUT2D eigenvalue weighted by Crippen LogP contribution is -2.50. The monoisotopic (exact) mass is 241 g/mol. The molecule has 2 saturated heterocycles. The normalized spacial score (nSPS) is 35.3. The largest absolute Gasteiger partial charge is 0.378 e. The molecular formula is C14H27NO2. The fraction of sp³-hybridized carbons (Fsp3) is 1.00. The lowest BCUT2D eigenvalue weighted by molar-refractivity contribution is -0.0904. The molecule has 2 aliphatic rings. The minimum atomic E-state index is 0.0421. The summed E-state index contributed by atoms with van der Waals surface area (Å²) in [6, 6.07) is 1.31. The Balaban J connectivity index is 1.84. The second kappa shape index (κ2) is 6.17. The van der Waals surface area contributed by atoms with Crippen molar-refractivity contribution in [2.45, 2.75) is 70.1 Å². The standard InChI is InChI=1S/C14H27NO2/c1-3-5-12(4-2)15-13-6-8-17-14(10-13)7-9-16-11-14/h12-13,15H,3-11H2,1-2H3. The summed E-state index contributed by atoms with van der Waals surface area (Å²) in [6.45, 7) is 7.11. The van der Waals surface area contributed by atoms with Gasteiger partial charge in [0.1, 0.15) is 0 Å². The topological polar surface area (TPSA) is 30.5 Å². The minimum absolute atomic E-state index is 0.0421. The van der Waals surface area contributed by atoms with E-state index in [1.807, 2.05) is 0 Å². The molecule has 1 spiro atoms. The van der Waals surface area contributed by atoms with Crippen LogP contribution in [0.15, 0.2) is 0 Å².